The summed E-state index contributed by atoms with van der Waals surface area (Å²) in [6, 6.07) is 9.60. The molecule has 3 rings (SSSR count). The van der Waals surface area contributed by atoms with Crippen molar-refractivity contribution in [3.05, 3.63) is 63.2 Å². The van der Waals surface area contributed by atoms with Crippen molar-refractivity contribution in [2.45, 2.75) is 135 Å². The molecule has 1 aliphatic rings. The van der Waals surface area contributed by atoms with Crippen LogP contribution >= 0.6 is 11.8 Å². The highest BCUT2D eigenvalue weighted by atomic mass is 32.2. The molecule has 0 radical (unpaired) electrons. The number of nitrogens with zero attached hydrogens (tertiary/aromatic N) is 3. The number of oxime groups is 2. The summed E-state index contributed by atoms with van der Waals surface area (Å²) in [5.41, 5.74) is 1.31. The molecule has 2 aromatic rings. The fourth-order valence-corrected chi connectivity index (χ4v) is 6.95. The van der Waals surface area contributed by atoms with Gasteiger partial charge in [0, 0.05) is 22.1 Å². The number of unbranched alkanes of at least 4 members (excludes halogenated alkanes) is 1. The number of Topliss-reactive ketones (excluding diaryl/α,β-unsaturated/α-hetero) is 2. The fourth-order valence-electron chi connectivity index (χ4n) is 5.91. The molecule has 0 heterocycles. The molecule has 1 saturated carbocycles. The first-order valence-electron chi connectivity index (χ1n) is 19.0. The van der Waals surface area contributed by atoms with Crippen LogP contribution in [0.2, 0.25) is 0 Å². The van der Waals surface area contributed by atoms with Crippen LogP contribution in [0.5, 0.6) is 0 Å². The lowest BCUT2D eigenvalue weighted by Gasteiger charge is -2.21. The van der Waals surface area contributed by atoms with Crippen molar-refractivity contribution in [3.63, 3.8) is 0 Å². The molecule has 0 N–H and O–H groups in total. The van der Waals surface area contributed by atoms with E-state index in [4.69, 9.17) is 9.68 Å². The zero-order valence-corrected chi connectivity index (χ0v) is 33.1. The van der Waals surface area contributed by atoms with Crippen molar-refractivity contribution in [1.29, 1.82) is 0 Å². The molecular formula is C41H55N3O8S. The van der Waals surface area contributed by atoms with E-state index >= 15 is 0 Å². The molecule has 12 heteroatoms. The van der Waals surface area contributed by atoms with E-state index in [0.29, 0.717) is 42.1 Å². The van der Waals surface area contributed by atoms with E-state index < -0.39 is 34.5 Å². The number of carbonyl (C=O) groups excluding carboxylic acids is 4. The molecule has 0 saturated heterocycles. The molecule has 0 aromatic heterocycles. The Kier molecular flexibility index (Phi) is 17.5. The van der Waals surface area contributed by atoms with Gasteiger partial charge < -0.3 is 9.68 Å². The highest BCUT2D eigenvalue weighted by molar-refractivity contribution is 7.99. The average molecular weight is 750 g/mol. The van der Waals surface area contributed by atoms with Crippen molar-refractivity contribution in [2.75, 3.05) is 0 Å². The second kappa shape index (κ2) is 21.5. The van der Waals surface area contributed by atoms with Gasteiger partial charge in [0.25, 0.3) is 5.69 Å². The molecule has 0 aliphatic heterocycles. The minimum atomic E-state index is -0.562. The third-order valence-electron chi connectivity index (χ3n) is 9.09. The monoisotopic (exact) mass is 749 g/mol. The first-order chi connectivity index (χ1) is 25.2. The van der Waals surface area contributed by atoms with Gasteiger partial charge in [-0.25, -0.2) is 9.59 Å². The third-order valence-corrected chi connectivity index (χ3v) is 10.3. The summed E-state index contributed by atoms with van der Waals surface area (Å²) in [5.74, 6) is -2.03. The number of hydrogen-bond acceptors (Lipinski definition) is 11. The predicted octanol–water partition coefficient (Wildman–Crippen LogP) is 10.4. The van der Waals surface area contributed by atoms with E-state index in [9.17, 15) is 29.3 Å². The Balaban J connectivity index is 1.98. The van der Waals surface area contributed by atoms with Crippen LogP contribution in [0.15, 0.2) is 56.5 Å². The zero-order chi connectivity index (χ0) is 39.1. The van der Waals surface area contributed by atoms with Gasteiger partial charge in [0.15, 0.2) is 0 Å². The third kappa shape index (κ3) is 13.6. The molecule has 53 heavy (non-hydrogen) atoms. The van der Waals surface area contributed by atoms with E-state index in [1.54, 1.807) is 58.0 Å². The van der Waals surface area contributed by atoms with Gasteiger partial charge in [0.2, 0.25) is 11.6 Å². The Bertz CT molecular complexity index is 1670. The van der Waals surface area contributed by atoms with E-state index in [2.05, 4.69) is 24.2 Å². The first kappa shape index (κ1) is 43.2. The van der Waals surface area contributed by atoms with Crippen molar-refractivity contribution in [1.82, 2.24) is 0 Å². The minimum Gasteiger partial charge on any atom is -0.318 e. The van der Waals surface area contributed by atoms with Gasteiger partial charge in [0.05, 0.1) is 21.7 Å². The van der Waals surface area contributed by atoms with Gasteiger partial charge >= 0.3 is 11.9 Å². The topological polar surface area (TPSA) is 155 Å². The van der Waals surface area contributed by atoms with Gasteiger partial charge in [-0.3, -0.25) is 19.7 Å². The zero-order valence-electron chi connectivity index (χ0n) is 32.3. The Morgan fingerprint density at radius 2 is 1.38 bits per heavy atom. The second-order valence-corrected chi connectivity index (χ2v) is 15.9. The summed E-state index contributed by atoms with van der Waals surface area (Å²) >= 11 is 1.20. The summed E-state index contributed by atoms with van der Waals surface area (Å²) in [5, 5.41) is 20.4. The second-order valence-electron chi connectivity index (χ2n) is 14.8. The number of benzene rings is 2. The van der Waals surface area contributed by atoms with Crippen molar-refractivity contribution in [2.24, 2.45) is 34.0 Å². The smallest absolute Gasteiger partial charge is 0.318 e. The number of nitro benzene ring substituents is 1. The van der Waals surface area contributed by atoms with Crippen LogP contribution in [-0.2, 0) is 25.7 Å². The van der Waals surface area contributed by atoms with Crippen LogP contribution in [-0.4, -0.2) is 39.9 Å². The molecule has 288 valence electrons. The predicted molar refractivity (Wildman–Crippen MR) is 208 cm³/mol. The molecule has 0 bridgehead atoms. The molecule has 0 unspecified atom stereocenters. The summed E-state index contributed by atoms with van der Waals surface area (Å²) in [7, 11) is 0. The summed E-state index contributed by atoms with van der Waals surface area (Å²) < 4.78 is 0. The highest BCUT2D eigenvalue weighted by Gasteiger charge is 2.26. The quantitative estimate of drug-likeness (QED) is 0.0321. The maximum absolute atomic E-state index is 13.8. The molecule has 2 aromatic carbocycles. The van der Waals surface area contributed by atoms with Crippen LogP contribution in [0.3, 0.4) is 0 Å². The van der Waals surface area contributed by atoms with Crippen LogP contribution in [0.1, 0.15) is 145 Å². The maximum atomic E-state index is 13.8. The highest BCUT2D eigenvalue weighted by Crippen LogP contribution is 2.38. The lowest BCUT2D eigenvalue weighted by molar-refractivity contribution is -0.387. The number of ketones is 2. The van der Waals surface area contributed by atoms with Crippen molar-refractivity contribution in [3.8, 4) is 0 Å². The van der Waals surface area contributed by atoms with Gasteiger partial charge in [-0.05, 0) is 73.4 Å². The van der Waals surface area contributed by atoms with Gasteiger partial charge in [-0.15, -0.1) is 0 Å². The van der Waals surface area contributed by atoms with E-state index in [-0.39, 0.29) is 34.4 Å². The number of rotatable bonds is 20. The summed E-state index contributed by atoms with van der Waals surface area (Å²) in [4.78, 5) is 74.9. The fraction of sp³-hybridized carbons (Fsp3) is 0.561. The molecule has 1 aliphatic carbocycles. The molecule has 1 fully saturated rings. The van der Waals surface area contributed by atoms with Crippen molar-refractivity contribution < 1.29 is 33.8 Å². The number of hydrogen-bond donors (Lipinski definition) is 0. The normalized spacial score (nSPS) is 14.2. The molecule has 0 spiro atoms. The molecule has 11 nitrogen and oxygen atoms in total. The van der Waals surface area contributed by atoms with E-state index in [1.165, 1.54) is 17.8 Å². The molecule has 0 amide bonds. The van der Waals surface area contributed by atoms with Crippen LogP contribution < -0.4 is 0 Å². The Labute approximate surface area is 317 Å². The lowest BCUT2D eigenvalue weighted by atomic mass is 9.84. The Morgan fingerprint density at radius 1 is 0.811 bits per heavy atom. The Morgan fingerprint density at radius 3 is 1.94 bits per heavy atom. The lowest BCUT2D eigenvalue weighted by Crippen LogP contribution is -2.22. The van der Waals surface area contributed by atoms with Crippen LogP contribution in [0.4, 0.5) is 5.69 Å². The van der Waals surface area contributed by atoms with Gasteiger partial charge in [-0.1, -0.05) is 122 Å². The molecular weight excluding hydrogens is 695 g/mol. The van der Waals surface area contributed by atoms with E-state index in [1.807, 2.05) is 6.92 Å². The standard InChI is InChI=1S/C41H55N3O8S/c1-8-14-33(42-51-40(47)27(4)5)38(45)31-19-21-36(30(24-31)18-13-12-15-26(2)3)53-37-22-20-32(25-35(37)44(49)50)39(46)34(43-52-41(48)28(6)7)23-29-16-10-9-11-17-29/h19-22,24-29H,8-18,23H2,1-7H3/b42-33+,43-34+. The number of nitro groups is 1. The summed E-state index contributed by atoms with van der Waals surface area (Å²) in [6.45, 7) is 13.0. The van der Waals surface area contributed by atoms with Crippen molar-refractivity contribution >= 4 is 52.4 Å². The molecule has 0 atom stereocenters. The summed E-state index contributed by atoms with van der Waals surface area (Å²) in [6.07, 6.45) is 9.87. The SMILES string of the molecule is CCC/C(=N\OC(=O)C(C)C)C(=O)c1ccc(Sc2ccc(C(=O)/C(CC3CCCCC3)=N/OC(=O)C(C)C)cc2[N+](=O)[O-])c(CCCCC(C)C)c1. The number of aryl methyl sites for hydroxylation is 1. The van der Waals surface area contributed by atoms with Crippen LogP contribution in [0.25, 0.3) is 0 Å². The van der Waals surface area contributed by atoms with Gasteiger partial charge in [-0.2, -0.15) is 0 Å². The van der Waals surface area contributed by atoms with E-state index in [0.717, 1.165) is 61.8 Å². The number of carbonyl (C=O) groups is 4. The van der Waals surface area contributed by atoms with Crippen LogP contribution in [0, 0.1) is 33.8 Å². The first-order valence-corrected chi connectivity index (χ1v) is 19.8. The maximum Gasteiger partial charge on any atom is 0.337 e. The largest absolute Gasteiger partial charge is 0.337 e. The van der Waals surface area contributed by atoms with Gasteiger partial charge in [0.1, 0.15) is 11.4 Å². The average Bonchev–Trinajstić information content (AvgIpc) is 3.13. The Hall–Kier alpha value is -4.19. The minimum absolute atomic E-state index is 0.0782.